The Morgan fingerprint density at radius 1 is 1.14 bits per heavy atom. The Bertz CT molecular complexity index is 570. The Kier molecular flexibility index (Phi) is 4.69. The van der Waals surface area contributed by atoms with E-state index in [4.69, 9.17) is 4.43 Å². The monoisotopic (exact) mass is 302 g/mol. The Labute approximate surface area is 129 Å². The third kappa shape index (κ3) is 4.05. The molecule has 0 fully saturated rings. The maximum absolute atomic E-state index is 6.27. The van der Waals surface area contributed by atoms with E-state index >= 15 is 0 Å². The first-order chi connectivity index (χ1) is 9.79. The Morgan fingerprint density at radius 3 is 2.43 bits per heavy atom. The molecule has 2 rings (SSSR count). The molecule has 0 radical (unpaired) electrons. The second-order valence-corrected chi connectivity index (χ2v) is 11.8. The minimum atomic E-state index is -1.73. The number of nitrogens with zero attached hydrogens (tertiary/aromatic N) is 2. The molecule has 0 saturated heterocycles. The van der Waals surface area contributed by atoms with Crippen molar-refractivity contribution in [2.24, 2.45) is 0 Å². The molecule has 0 unspecified atom stereocenters. The van der Waals surface area contributed by atoms with E-state index < -0.39 is 8.32 Å². The van der Waals surface area contributed by atoms with Gasteiger partial charge in [-0.1, -0.05) is 51.1 Å². The van der Waals surface area contributed by atoms with Crippen LogP contribution in [0, 0.1) is 0 Å². The molecule has 0 amide bonds. The van der Waals surface area contributed by atoms with Crippen LogP contribution in [0.2, 0.25) is 18.1 Å². The van der Waals surface area contributed by atoms with Crippen LogP contribution < -0.4 is 0 Å². The fraction of sp³-hybridized carbons (Fsp3) is 0.471. The van der Waals surface area contributed by atoms with Crippen molar-refractivity contribution in [1.82, 2.24) is 9.55 Å². The van der Waals surface area contributed by atoms with E-state index in [1.807, 2.05) is 18.5 Å². The molecule has 0 aliphatic carbocycles. The van der Waals surface area contributed by atoms with Gasteiger partial charge in [-0.05, 0) is 23.7 Å². The van der Waals surface area contributed by atoms with Gasteiger partial charge in [0.25, 0.3) is 0 Å². The first-order valence-electron chi connectivity index (χ1n) is 7.47. The first-order valence-corrected chi connectivity index (χ1v) is 10.4. The van der Waals surface area contributed by atoms with Crippen molar-refractivity contribution >= 4 is 8.32 Å². The van der Waals surface area contributed by atoms with Gasteiger partial charge < -0.3 is 8.99 Å². The molecule has 0 aliphatic heterocycles. The molecule has 2 aromatic rings. The molecule has 0 atom stereocenters. The highest BCUT2D eigenvalue weighted by Gasteiger charge is 2.37. The summed E-state index contributed by atoms with van der Waals surface area (Å²) in [4.78, 5) is 4.46. The summed E-state index contributed by atoms with van der Waals surface area (Å²) < 4.78 is 8.44. The van der Waals surface area contributed by atoms with Crippen LogP contribution in [0.1, 0.15) is 32.2 Å². The van der Waals surface area contributed by atoms with Crippen LogP contribution in [0.5, 0.6) is 0 Å². The first kappa shape index (κ1) is 16.0. The highest BCUT2D eigenvalue weighted by molar-refractivity contribution is 6.74. The maximum atomic E-state index is 6.27. The summed E-state index contributed by atoms with van der Waals surface area (Å²) in [6.45, 7) is 12.8. The Hall–Kier alpha value is -1.39. The second-order valence-electron chi connectivity index (χ2n) is 7.01. The van der Waals surface area contributed by atoms with Crippen molar-refractivity contribution in [3.05, 3.63) is 54.1 Å². The number of imidazole rings is 1. The van der Waals surface area contributed by atoms with Crippen LogP contribution in [0.25, 0.3) is 0 Å². The zero-order chi connectivity index (χ0) is 15.5. The lowest BCUT2D eigenvalue weighted by atomic mass is 10.2. The molecule has 0 N–H and O–H groups in total. The van der Waals surface area contributed by atoms with Crippen LogP contribution in [-0.2, 0) is 17.6 Å². The van der Waals surface area contributed by atoms with Gasteiger partial charge in [-0.2, -0.15) is 0 Å². The maximum Gasteiger partial charge on any atom is 0.192 e. The summed E-state index contributed by atoms with van der Waals surface area (Å²) in [5, 5.41) is 0.226. The number of rotatable bonds is 5. The largest absolute Gasteiger partial charge is 0.409 e. The molecule has 3 nitrogen and oxygen atoms in total. The number of benzene rings is 1. The zero-order valence-corrected chi connectivity index (χ0v) is 14.8. The SMILES string of the molecule is CC(C)(C)[Si](C)(C)OCc1nccn1Cc1ccccc1. The highest BCUT2D eigenvalue weighted by atomic mass is 28.4. The molecule has 0 aliphatic rings. The fourth-order valence-corrected chi connectivity index (χ4v) is 2.79. The summed E-state index contributed by atoms with van der Waals surface area (Å²) in [6, 6.07) is 10.5. The van der Waals surface area contributed by atoms with Gasteiger partial charge in [0.1, 0.15) is 5.82 Å². The van der Waals surface area contributed by atoms with E-state index in [0.29, 0.717) is 6.61 Å². The van der Waals surface area contributed by atoms with Gasteiger partial charge in [0, 0.05) is 18.9 Å². The summed E-state index contributed by atoms with van der Waals surface area (Å²) in [5.74, 6) is 1.00. The van der Waals surface area contributed by atoms with Crippen molar-refractivity contribution in [3.8, 4) is 0 Å². The van der Waals surface area contributed by atoms with Crippen molar-refractivity contribution in [2.45, 2.75) is 52.1 Å². The predicted octanol–water partition coefficient (Wildman–Crippen LogP) is 4.45. The third-order valence-electron chi connectivity index (χ3n) is 4.37. The van der Waals surface area contributed by atoms with Crippen LogP contribution in [0.15, 0.2) is 42.7 Å². The molecule has 114 valence electrons. The van der Waals surface area contributed by atoms with E-state index in [9.17, 15) is 0 Å². The van der Waals surface area contributed by atoms with Crippen molar-refractivity contribution in [1.29, 1.82) is 0 Å². The van der Waals surface area contributed by atoms with Gasteiger partial charge in [-0.3, -0.25) is 0 Å². The molecule has 1 aromatic heterocycles. The quantitative estimate of drug-likeness (QED) is 0.763. The summed E-state index contributed by atoms with van der Waals surface area (Å²) in [5.41, 5.74) is 1.28. The van der Waals surface area contributed by atoms with Gasteiger partial charge in [0.15, 0.2) is 8.32 Å². The standard InChI is InChI=1S/C17H26N2OSi/c1-17(2,3)21(4,5)20-14-16-18-11-12-19(16)13-15-9-7-6-8-10-15/h6-12H,13-14H2,1-5H3. The van der Waals surface area contributed by atoms with Crippen molar-refractivity contribution in [2.75, 3.05) is 0 Å². The topological polar surface area (TPSA) is 27.1 Å². The molecule has 4 heteroatoms. The van der Waals surface area contributed by atoms with Gasteiger partial charge in [-0.25, -0.2) is 4.98 Å². The lowest BCUT2D eigenvalue weighted by Crippen LogP contribution is -2.40. The van der Waals surface area contributed by atoms with E-state index in [0.717, 1.165) is 12.4 Å². The Balaban J connectivity index is 2.05. The van der Waals surface area contributed by atoms with Crippen LogP contribution >= 0.6 is 0 Å². The van der Waals surface area contributed by atoms with Gasteiger partial charge >= 0.3 is 0 Å². The summed E-state index contributed by atoms with van der Waals surface area (Å²) in [7, 11) is -1.73. The summed E-state index contributed by atoms with van der Waals surface area (Å²) >= 11 is 0. The lowest BCUT2D eigenvalue weighted by Gasteiger charge is -2.36. The molecular formula is C17H26N2OSi. The van der Waals surface area contributed by atoms with E-state index in [1.165, 1.54) is 5.56 Å². The average Bonchev–Trinajstić information content (AvgIpc) is 2.84. The molecule has 1 heterocycles. The van der Waals surface area contributed by atoms with E-state index in [2.05, 4.69) is 67.7 Å². The van der Waals surface area contributed by atoms with Crippen LogP contribution in [0.3, 0.4) is 0 Å². The van der Waals surface area contributed by atoms with Gasteiger partial charge in [0.2, 0.25) is 0 Å². The predicted molar refractivity (Wildman–Crippen MR) is 89.8 cm³/mol. The minimum absolute atomic E-state index is 0.226. The molecule has 0 spiro atoms. The van der Waals surface area contributed by atoms with Crippen molar-refractivity contribution < 1.29 is 4.43 Å². The highest BCUT2D eigenvalue weighted by Crippen LogP contribution is 2.36. The molecule has 21 heavy (non-hydrogen) atoms. The average molecular weight is 302 g/mol. The van der Waals surface area contributed by atoms with Crippen molar-refractivity contribution in [3.63, 3.8) is 0 Å². The van der Waals surface area contributed by atoms with Crippen LogP contribution in [-0.4, -0.2) is 17.9 Å². The molecular weight excluding hydrogens is 276 g/mol. The second kappa shape index (κ2) is 6.16. The minimum Gasteiger partial charge on any atom is -0.409 e. The van der Waals surface area contributed by atoms with Gasteiger partial charge in [-0.15, -0.1) is 0 Å². The lowest BCUT2D eigenvalue weighted by molar-refractivity contribution is 0.263. The molecule has 0 saturated carbocycles. The molecule has 1 aromatic carbocycles. The Morgan fingerprint density at radius 2 is 1.81 bits per heavy atom. The van der Waals surface area contributed by atoms with E-state index in [-0.39, 0.29) is 5.04 Å². The number of hydrogen-bond acceptors (Lipinski definition) is 2. The summed E-state index contributed by atoms with van der Waals surface area (Å²) in [6.07, 6.45) is 3.88. The van der Waals surface area contributed by atoms with E-state index in [1.54, 1.807) is 0 Å². The third-order valence-corrected chi connectivity index (χ3v) is 8.84. The normalized spacial score (nSPS) is 12.6. The zero-order valence-electron chi connectivity index (χ0n) is 13.8. The smallest absolute Gasteiger partial charge is 0.192 e. The fourth-order valence-electron chi connectivity index (χ4n) is 1.87. The molecule has 0 bridgehead atoms. The van der Waals surface area contributed by atoms with Gasteiger partial charge in [0.05, 0.1) is 6.61 Å². The number of hydrogen-bond donors (Lipinski definition) is 0. The van der Waals surface area contributed by atoms with Crippen LogP contribution in [0.4, 0.5) is 0 Å². The number of aromatic nitrogens is 2.